The van der Waals surface area contributed by atoms with Crippen LogP contribution in [0.4, 0.5) is 34.1 Å². The van der Waals surface area contributed by atoms with E-state index in [4.69, 9.17) is 27.2 Å². The zero-order chi connectivity index (χ0) is 38.6. The topological polar surface area (TPSA) is 149 Å². The van der Waals surface area contributed by atoms with Crippen molar-refractivity contribution in [1.29, 1.82) is 0 Å². The van der Waals surface area contributed by atoms with E-state index >= 15 is 0 Å². The number of nitrogen functional groups attached to an aromatic ring is 1. The molecule has 1 atom stereocenters. The number of hydrogen-bond acceptors (Lipinski definition) is 7. The number of carbonyl (C=O) groups excluding carboxylic acids is 3. The number of benzene rings is 2. The van der Waals surface area contributed by atoms with Crippen LogP contribution in [0.1, 0.15) is 61.6 Å². The quantitative estimate of drug-likeness (QED) is 0.264. The van der Waals surface area contributed by atoms with Crippen LogP contribution >= 0.6 is 11.6 Å². The van der Waals surface area contributed by atoms with Gasteiger partial charge >= 0.3 is 24.3 Å². The largest absolute Gasteiger partial charge is 0.481 e. The number of nitrogens with one attached hydrogen (secondary N) is 1. The zero-order valence-corrected chi connectivity index (χ0v) is 30.9. The number of anilines is 2. The van der Waals surface area contributed by atoms with Gasteiger partial charge in [-0.05, 0) is 99.2 Å². The van der Waals surface area contributed by atoms with Gasteiger partial charge in [0.2, 0.25) is 0 Å². The maximum Gasteiger partial charge on any atom is 0.418 e. The van der Waals surface area contributed by atoms with Gasteiger partial charge in [0.25, 0.3) is 5.91 Å². The summed E-state index contributed by atoms with van der Waals surface area (Å²) >= 11 is 6.12. The highest BCUT2D eigenvalue weighted by molar-refractivity contribution is 6.33. The van der Waals surface area contributed by atoms with Gasteiger partial charge in [-0.15, -0.1) is 0 Å². The molecule has 16 heteroatoms. The van der Waals surface area contributed by atoms with E-state index in [1.807, 2.05) is 24.3 Å². The van der Waals surface area contributed by atoms with Gasteiger partial charge in [-0.3, -0.25) is 9.59 Å². The van der Waals surface area contributed by atoms with Crippen LogP contribution in [-0.2, 0) is 33.3 Å². The third kappa shape index (κ3) is 9.52. The summed E-state index contributed by atoms with van der Waals surface area (Å²) in [6.45, 7) is 4.09. The summed E-state index contributed by atoms with van der Waals surface area (Å²) in [7, 11) is 0. The van der Waals surface area contributed by atoms with Crippen molar-refractivity contribution in [3.05, 3.63) is 58.1 Å². The number of urea groups is 1. The lowest BCUT2D eigenvalue weighted by molar-refractivity contribution is -0.143. The minimum absolute atomic E-state index is 0.0594. The molecule has 0 aromatic heterocycles. The molecule has 4 aliphatic heterocycles. The number of halogens is 4. The fourth-order valence-electron chi connectivity index (χ4n) is 8.41. The van der Waals surface area contributed by atoms with E-state index in [0.29, 0.717) is 57.3 Å². The Balaban J connectivity index is 1.09. The normalized spacial score (nSPS) is 20.2. The van der Waals surface area contributed by atoms with E-state index in [0.717, 1.165) is 56.1 Å². The van der Waals surface area contributed by atoms with Crippen molar-refractivity contribution in [3.8, 4) is 0 Å². The zero-order valence-electron chi connectivity index (χ0n) is 30.2. The number of fused-ring (bicyclic) bond motifs is 1. The Kier molecular flexibility index (Phi) is 12.5. The van der Waals surface area contributed by atoms with Crippen LogP contribution in [0.15, 0.2) is 36.4 Å². The van der Waals surface area contributed by atoms with Crippen molar-refractivity contribution >= 4 is 47.0 Å². The van der Waals surface area contributed by atoms with Gasteiger partial charge in [0.05, 0.1) is 22.7 Å². The highest BCUT2D eigenvalue weighted by Crippen LogP contribution is 2.39. The Labute approximate surface area is 317 Å². The molecule has 2 aromatic carbocycles. The van der Waals surface area contributed by atoms with E-state index in [2.05, 4.69) is 10.2 Å². The van der Waals surface area contributed by atoms with Crippen LogP contribution in [0, 0.1) is 11.8 Å². The van der Waals surface area contributed by atoms with Crippen molar-refractivity contribution in [2.24, 2.45) is 11.8 Å². The van der Waals surface area contributed by atoms with Crippen LogP contribution in [0.5, 0.6) is 0 Å². The monoisotopic (exact) mass is 776 g/mol. The first-order valence-corrected chi connectivity index (χ1v) is 19.1. The molecule has 0 radical (unpaired) electrons. The molecule has 0 saturated carbocycles. The molecule has 0 unspecified atom stereocenters. The number of nitrogens with zero attached hydrogens (tertiary/aromatic N) is 4. The summed E-state index contributed by atoms with van der Waals surface area (Å²) < 4.78 is 47.4. The van der Waals surface area contributed by atoms with E-state index in [9.17, 15) is 32.3 Å². The number of ether oxygens (including phenoxy) is 1. The number of hydrogen-bond donors (Lipinski definition) is 3. The fourth-order valence-corrected chi connectivity index (χ4v) is 8.65. The van der Waals surface area contributed by atoms with E-state index in [1.165, 1.54) is 11.0 Å². The molecule has 294 valence electrons. The molecule has 4 N–H and O–H groups in total. The van der Waals surface area contributed by atoms with Gasteiger partial charge in [0, 0.05) is 57.4 Å². The first kappa shape index (κ1) is 39.5. The molecule has 54 heavy (non-hydrogen) atoms. The van der Waals surface area contributed by atoms with Crippen LogP contribution in [0.25, 0.3) is 0 Å². The minimum atomic E-state index is -4.79. The van der Waals surface area contributed by atoms with Gasteiger partial charge < -0.3 is 40.5 Å². The summed E-state index contributed by atoms with van der Waals surface area (Å²) in [5.74, 6) is -0.465. The van der Waals surface area contributed by atoms with Crippen molar-refractivity contribution < 1.29 is 42.2 Å². The molecule has 4 aliphatic rings. The lowest BCUT2D eigenvalue weighted by atomic mass is 9.78. The van der Waals surface area contributed by atoms with Gasteiger partial charge in [-0.2, -0.15) is 13.2 Å². The first-order valence-electron chi connectivity index (χ1n) is 18.8. The third-order valence-electron chi connectivity index (χ3n) is 11.5. The molecule has 4 amide bonds. The second-order valence-corrected chi connectivity index (χ2v) is 15.3. The number of piperidine rings is 3. The number of para-hydroxylation sites is 1. The number of amides is 4. The van der Waals surface area contributed by atoms with Crippen molar-refractivity contribution in [1.82, 2.24) is 19.6 Å². The number of carboxylic acid groups (broad SMARTS) is 1. The summed E-state index contributed by atoms with van der Waals surface area (Å²) in [6, 6.07) is 9.46. The Morgan fingerprint density at radius 1 is 0.926 bits per heavy atom. The summed E-state index contributed by atoms with van der Waals surface area (Å²) in [6.07, 6.45) is -2.10. The molecule has 0 aliphatic carbocycles. The molecule has 0 bridgehead atoms. The average molecular weight is 777 g/mol. The Bertz CT molecular complexity index is 1690. The highest BCUT2D eigenvalue weighted by Gasteiger charge is 2.39. The van der Waals surface area contributed by atoms with Crippen LogP contribution in [-0.4, -0.2) is 113 Å². The van der Waals surface area contributed by atoms with E-state index in [1.54, 1.807) is 9.80 Å². The number of carbonyl (C=O) groups is 4. The average Bonchev–Trinajstić information content (AvgIpc) is 3.32. The lowest BCUT2D eigenvalue weighted by Crippen LogP contribution is -2.52. The molecule has 6 rings (SSSR count). The third-order valence-corrected chi connectivity index (χ3v) is 11.8. The van der Waals surface area contributed by atoms with E-state index < -0.39 is 41.5 Å². The van der Waals surface area contributed by atoms with Crippen molar-refractivity contribution in [2.75, 3.05) is 63.4 Å². The second kappa shape index (κ2) is 17.1. The Morgan fingerprint density at radius 3 is 2.20 bits per heavy atom. The Morgan fingerprint density at radius 2 is 1.56 bits per heavy atom. The second-order valence-electron chi connectivity index (χ2n) is 14.8. The smallest absolute Gasteiger partial charge is 0.418 e. The molecule has 3 saturated heterocycles. The molecular formula is C38H48ClF3N6O6. The van der Waals surface area contributed by atoms with Crippen molar-refractivity contribution in [2.45, 2.75) is 76.1 Å². The molecule has 12 nitrogen and oxygen atoms in total. The molecule has 0 spiro atoms. The standard InChI is InChI=1S/C38H48ClF3N6O6/c39-30-22-24(21-29(34(30)43)38(40,41)42)23-32(35(51)46-16-7-26(8-17-46)25-5-13-45(14-6-25)15-12-33(49)50)54-37(53)47-18-10-28(11-19-47)48-20-9-27-3-1-2-4-31(27)44-36(48)52/h1-4,21-22,25-26,28,32H,5-20,23,43H2,(H,44,52)(H,49,50)/t32-/m1/s1. The summed E-state index contributed by atoms with van der Waals surface area (Å²) in [4.78, 5) is 58.8. The van der Waals surface area contributed by atoms with E-state index in [-0.39, 0.29) is 48.6 Å². The Hall–Kier alpha value is -4.24. The van der Waals surface area contributed by atoms with Crippen LogP contribution in [0.2, 0.25) is 5.02 Å². The molecular weight excluding hydrogens is 729 g/mol. The number of aliphatic carboxylic acids is 1. The number of likely N-dealkylation sites (tertiary alicyclic amines) is 3. The highest BCUT2D eigenvalue weighted by atomic mass is 35.5. The maximum absolute atomic E-state index is 14.1. The lowest BCUT2D eigenvalue weighted by Gasteiger charge is -2.41. The van der Waals surface area contributed by atoms with Gasteiger partial charge in [-0.1, -0.05) is 29.8 Å². The maximum atomic E-state index is 14.1. The first-order chi connectivity index (χ1) is 25.8. The van der Waals surface area contributed by atoms with Crippen LogP contribution in [0.3, 0.4) is 0 Å². The fraction of sp³-hybridized carbons (Fsp3) is 0.579. The molecule has 2 aromatic rings. The number of nitrogens with two attached hydrogens (primary N) is 1. The number of alkyl halides is 3. The van der Waals surface area contributed by atoms with Gasteiger partial charge in [0.1, 0.15) is 0 Å². The predicted molar refractivity (Wildman–Crippen MR) is 196 cm³/mol. The van der Waals surface area contributed by atoms with Crippen molar-refractivity contribution in [3.63, 3.8) is 0 Å². The summed E-state index contributed by atoms with van der Waals surface area (Å²) in [5, 5.41) is 11.7. The predicted octanol–water partition coefficient (Wildman–Crippen LogP) is 5.97. The van der Waals surface area contributed by atoms with Crippen LogP contribution < -0.4 is 11.1 Å². The summed E-state index contributed by atoms with van der Waals surface area (Å²) in [5.41, 5.74) is 5.81. The number of rotatable bonds is 9. The van der Waals surface area contributed by atoms with Gasteiger partial charge in [0.15, 0.2) is 6.10 Å². The minimum Gasteiger partial charge on any atom is -0.481 e. The molecule has 4 heterocycles. The molecule has 3 fully saturated rings. The number of carboxylic acids is 1. The SMILES string of the molecule is Nc1c(Cl)cc(C[C@@H](OC(=O)N2CCC(N3CCc4ccccc4NC3=O)CC2)C(=O)N2CCC(C3CCN(CCC(=O)O)CC3)CC2)cc1C(F)(F)F. The van der Waals surface area contributed by atoms with Gasteiger partial charge in [-0.25, -0.2) is 9.59 Å².